The van der Waals surface area contributed by atoms with E-state index in [2.05, 4.69) is 26.4 Å². The molecule has 0 radical (unpaired) electrons. The lowest BCUT2D eigenvalue weighted by atomic mass is 9.94. The van der Waals surface area contributed by atoms with Crippen LogP contribution in [0.2, 0.25) is 0 Å². The molecule has 312 valence electrons. The van der Waals surface area contributed by atoms with Crippen molar-refractivity contribution >= 4 is 35.4 Å². The summed E-state index contributed by atoms with van der Waals surface area (Å²) in [5.74, 6) is -1.14. The summed E-state index contributed by atoms with van der Waals surface area (Å²) in [6.07, 6.45) is 1.40. The average molecular weight is 802 g/mol. The first-order valence-corrected chi connectivity index (χ1v) is 19.7. The number of hydrogen-bond acceptors (Lipinski definition) is 10. The van der Waals surface area contributed by atoms with Gasteiger partial charge >= 0.3 is 0 Å². The van der Waals surface area contributed by atoms with Gasteiger partial charge in [-0.05, 0) is 57.6 Å². The van der Waals surface area contributed by atoms with E-state index in [9.17, 15) is 28.8 Å². The molecule has 3 heterocycles. The zero-order valence-electron chi connectivity index (χ0n) is 34.1. The van der Waals surface area contributed by atoms with Gasteiger partial charge in [-0.3, -0.25) is 28.8 Å². The van der Waals surface area contributed by atoms with Gasteiger partial charge < -0.3 is 40.5 Å². The molecule has 1 aromatic heterocycles. The minimum absolute atomic E-state index is 0.0322. The fourth-order valence-electron chi connectivity index (χ4n) is 7.06. The van der Waals surface area contributed by atoms with Crippen LogP contribution < -0.4 is 30.7 Å². The first-order chi connectivity index (χ1) is 27.8. The monoisotopic (exact) mass is 801 g/mol. The molecular formula is C41H55N9O8. The standard InChI is InChI=1S/C41H55N9O8/c1-25(2)19-33-39(54)44-26(3)37-46-36(28-11-8-7-9-12-28)47-50(37)24-34(51)42-15-10-16-49(23-35(52)43-27(4)38(53)45-33)40(55)29-13-17-48(18-14-29)41(56)30-20-31(57-5)22-32(21-30)58-6/h7-9,11-12,20-22,25-27,29,33H,10,13-19,23-24H2,1-6H3,(H,42,51)(H,43,52)(H,44,54)(H,45,53)/t26-,27+,33+/m0/s1. The van der Waals surface area contributed by atoms with Crippen LogP contribution in [0.15, 0.2) is 48.5 Å². The van der Waals surface area contributed by atoms with Crippen molar-refractivity contribution in [2.75, 3.05) is 46.9 Å². The topological polar surface area (TPSA) is 206 Å². The molecule has 1 fully saturated rings. The van der Waals surface area contributed by atoms with Gasteiger partial charge in [0, 0.05) is 49.3 Å². The molecule has 0 saturated carbocycles. The van der Waals surface area contributed by atoms with Crippen LogP contribution in [-0.2, 0) is 30.5 Å². The Bertz CT molecular complexity index is 1920. The molecule has 2 aromatic carbocycles. The SMILES string of the molecule is COc1cc(OC)cc(C(=O)N2CCC(C(=O)N3CCCNC(=O)Cn4nc(-c5ccccc5)nc4[C@H](C)NC(=O)[C@@H](CC(C)C)NC(=O)[C@@H](C)NC(=O)C3)CC2)c1. The van der Waals surface area contributed by atoms with Crippen LogP contribution in [0.1, 0.15) is 75.6 Å². The summed E-state index contributed by atoms with van der Waals surface area (Å²) in [4.78, 5) is 89.1. The van der Waals surface area contributed by atoms with Crippen LogP contribution >= 0.6 is 0 Å². The lowest BCUT2D eigenvalue weighted by Crippen LogP contribution is -2.55. The summed E-state index contributed by atoms with van der Waals surface area (Å²) < 4.78 is 12.1. The molecule has 3 atom stereocenters. The Labute approximate surface area is 338 Å². The Morgan fingerprint density at radius 1 is 0.810 bits per heavy atom. The molecule has 3 aromatic rings. The molecule has 17 heteroatoms. The zero-order valence-corrected chi connectivity index (χ0v) is 34.1. The largest absolute Gasteiger partial charge is 0.497 e. The van der Waals surface area contributed by atoms with Crippen molar-refractivity contribution in [1.29, 1.82) is 0 Å². The molecule has 5 rings (SSSR count). The summed E-state index contributed by atoms with van der Waals surface area (Å²) in [6.45, 7) is 7.57. The number of methoxy groups -OCH3 is 2. The fraction of sp³-hybridized carbons (Fsp3) is 0.512. The van der Waals surface area contributed by atoms with Crippen LogP contribution in [0.4, 0.5) is 0 Å². The van der Waals surface area contributed by atoms with Crippen LogP contribution in [0.25, 0.3) is 11.4 Å². The number of amides is 6. The molecule has 0 aliphatic carbocycles. The minimum Gasteiger partial charge on any atom is -0.497 e. The van der Waals surface area contributed by atoms with Crippen molar-refractivity contribution in [1.82, 2.24) is 45.8 Å². The van der Waals surface area contributed by atoms with E-state index in [0.717, 1.165) is 5.56 Å². The molecule has 0 spiro atoms. The Kier molecular flexibility index (Phi) is 14.8. The van der Waals surface area contributed by atoms with Crippen LogP contribution in [0.5, 0.6) is 11.5 Å². The first-order valence-electron chi connectivity index (χ1n) is 19.7. The number of nitrogens with one attached hydrogen (secondary N) is 4. The molecule has 2 aliphatic rings. The predicted octanol–water partition coefficient (Wildman–Crippen LogP) is 2.08. The van der Waals surface area contributed by atoms with E-state index >= 15 is 0 Å². The smallest absolute Gasteiger partial charge is 0.254 e. The molecule has 6 amide bonds. The van der Waals surface area contributed by atoms with E-state index in [4.69, 9.17) is 14.5 Å². The summed E-state index contributed by atoms with van der Waals surface area (Å²) >= 11 is 0. The van der Waals surface area contributed by atoms with Crippen molar-refractivity contribution in [3.05, 3.63) is 59.9 Å². The van der Waals surface area contributed by atoms with Gasteiger partial charge in [-0.25, -0.2) is 9.67 Å². The summed E-state index contributed by atoms with van der Waals surface area (Å²) in [5, 5.41) is 15.9. The molecule has 2 aliphatic heterocycles. The van der Waals surface area contributed by atoms with Gasteiger partial charge in [0.1, 0.15) is 36.0 Å². The van der Waals surface area contributed by atoms with Gasteiger partial charge in [0.15, 0.2) is 5.82 Å². The third-order valence-corrected chi connectivity index (χ3v) is 10.2. The Balaban J connectivity index is 1.33. The van der Waals surface area contributed by atoms with E-state index < -0.39 is 41.8 Å². The van der Waals surface area contributed by atoms with Crippen molar-refractivity contribution < 1.29 is 38.2 Å². The van der Waals surface area contributed by atoms with Crippen molar-refractivity contribution in [3.63, 3.8) is 0 Å². The molecular weight excluding hydrogens is 747 g/mol. The maximum Gasteiger partial charge on any atom is 0.254 e. The highest BCUT2D eigenvalue weighted by Crippen LogP contribution is 2.26. The number of nitrogens with zero attached hydrogens (tertiary/aromatic N) is 5. The first kappa shape index (κ1) is 43.1. The maximum absolute atomic E-state index is 14.0. The molecule has 0 bridgehead atoms. The van der Waals surface area contributed by atoms with E-state index in [1.807, 2.05) is 44.2 Å². The highest BCUT2D eigenvalue weighted by Gasteiger charge is 2.33. The molecule has 0 unspecified atom stereocenters. The predicted molar refractivity (Wildman–Crippen MR) is 213 cm³/mol. The van der Waals surface area contributed by atoms with Gasteiger partial charge in [-0.2, -0.15) is 5.10 Å². The van der Waals surface area contributed by atoms with Crippen LogP contribution in [0.3, 0.4) is 0 Å². The Morgan fingerprint density at radius 2 is 1.48 bits per heavy atom. The van der Waals surface area contributed by atoms with E-state index in [1.54, 1.807) is 30.0 Å². The summed E-state index contributed by atoms with van der Waals surface area (Å²) in [6, 6.07) is 11.6. The van der Waals surface area contributed by atoms with E-state index in [1.165, 1.54) is 30.7 Å². The number of fused-ring (bicyclic) bond motifs is 1. The second-order valence-corrected chi connectivity index (χ2v) is 15.2. The maximum atomic E-state index is 14.0. The average Bonchev–Trinajstić information content (AvgIpc) is 3.64. The van der Waals surface area contributed by atoms with E-state index in [0.29, 0.717) is 67.5 Å². The van der Waals surface area contributed by atoms with Gasteiger partial charge in [-0.15, -0.1) is 0 Å². The second kappa shape index (κ2) is 19.9. The number of carbonyl (C=O) groups is 6. The highest BCUT2D eigenvalue weighted by molar-refractivity contribution is 5.96. The second-order valence-electron chi connectivity index (χ2n) is 15.2. The normalized spacial score (nSPS) is 20.7. The van der Waals surface area contributed by atoms with Gasteiger partial charge in [0.25, 0.3) is 5.91 Å². The molecule has 1 saturated heterocycles. The third-order valence-electron chi connectivity index (χ3n) is 10.2. The number of ether oxygens (including phenoxy) is 2. The van der Waals surface area contributed by atoms with Gasteiger partial charge in [0.05, 0.1) is 26.8 Å². The molecule has 58 heavy (non-hydrogen) atoms. The summed E-state index contributed by atoms with van der Waals surface area (Å²) in [5.41, 5.74) is 1.14. The van der Waals surface area contributed by atoms with Gasteiger partial charge in [0.2, 0.25) is 29.5 Å². The molecule has 17 nitrogen and oxygen atoms in total. The number of carbonyl (C=O) groups excluding carboxylic acids is 6. The Morgan fingerprint density at radius 3 is 2.12 bits per heavy atom. The number of aromatic nitrogens is 3. The number of likely N-dealkylation sites (tertiary alicyclic amines) is 1. The highest BCUT2D eigenvalue weighted by atomic mass is 16.5. The minimum atomic E-state index is -1.02. The number of benzene rings is 2. The van der Waals surface area contributed by atoms with Crippen LogP contribution in [-0.4, -0.2) is 119 Å². The quantitative estimate of drug-likeness (QED) is 0.274. The van der Waals surface area contributed by atoms with E-state index in [-0.39, 0.29) is 49.8 Å². The van der Waals surface area contributed by atoms with Crippen molar-refractivity contribution in [2.45, 2.75) is 78.0 Å². The van der Waals surface area contributed by atoms with Crippen LogP contribution in [0, 0.1) is 11.8 Å². The Hall–Kier alpha value is -6.00. The molecule has 4 N–H and O–H groups in total. The number of hydrogen-bond donors (Lipinski definition) is 4. The van der Waals surface area contributed by atoms with Crippen molar-refractivity contribution in [3.8, 4) is 22.9 Å². The third kappa shape index (κ3) is 11.3. The number of piperidine rings is 1. The number of rotatable bonds is 7. The lowest BCUT2D eigenvalue weighted by Gasteiger charge is -2.34. The van der Waals surface area contributed by atoms with Crippen molar-refractivity contribution in [2.24, 2.45) is 11.8 Å². The zero-order chi connectivity index (χ0) is 41.9. The van der Waals surface area contributed by atoms with Gasteiger partial charge in [-0.1, -0.05) is 44.2 Å². The lowest BCUT2D eigenvalue weighted by molar-refractivity contribution is -0.141. The summed E-state index contributed by atoms with van der Waals surface area (Å²) in [7, 11) is 3.02. The fourth-order valence-corrected chi connectivity index (χ4v) is 7.06.